The highest BCUT2D eigenvalue weighted by Gasteiger charge is 2.10. The van der Waals surface area contributed by atoms with Gasteiger partial charge in [0.2, 0.25) is 0 Å². The van der Waals surface area contributed by atoms with Gasteiger partial charge in [-0.15, -0.1) is 0 Å². The molecule has 0 unspecified atom stereocenters. The zero-order chi connectivity index (χ0) is 15.1. The molecule has 22 heavy (non-hydrogen) atoms. The summed E-state index contributed by atoms with van der Waals surface area (Å²) in [5.41, 5.74) is 9.03. The van der Waals surface area contributed by atoms with E-state index in [1.165, 1.54) is 0 Å². The lowest BCUT2D eigenvalue weighted by Gasteiger charge is -2.09. The van der Waals surface area contributed by atoms with Crippen molar-refractivity contribution in [1.82, 2.24) is 9.97 Å². The molecule has 0 saturated heterocycles. The Bertz CT molecular complexity index is 1050. The lowest BCUT2D eigenvalue weighted by molar-refractivity contribution is 1.26. The number of aromatic nitrogens is 2. The number of benzene rings is 2. The highest BCUT2D eigenvalue weighted by Crippen LogP contribution is 2.31. The van der Waals surface area contributed by atoms with Crippen molar-refractivity contribution in [2.75, 3.05) is 5.73 Å². The molecule has 0 aliphatic rings. The van der Waals surface area contributed by atoms with Crippen LogP contribution in [0.2, 0.25) is 0 Å². The van der Waals surface area contributed by atoms with Crippen LogP contribution in [0.25, 0.3) is 32.9 Å². The van der Waals surface area contributed by atoms with E-state index in [0.717, 1.165) is 27.6 Å². The van der Waals surface area contributed by atoms with Crippen LogP contribution in [0.1, 0.15) is 0 Å². The van der Waals surface area contributed by atoms with Gasteiger partial charge in [0.25, 0.3) is 5.56 Å². The molecule has 4 nitrogen and oxygen atoms in total. The van der Waals surface area contributed by atoms with E-state index in [1.807, 2.05) is 54.6 Å². The fourth-order valence-electron chi connectivity index (χ4n) is 2.81. The summed E-state index contributed by atoms with van der Waals surface area (Å²) in [7, 11) is 0. The van der Waals surface area contributed by atoms with Gasteiger partial charge in [-0.25, -0.2) is 4.98 Å². The van der Waals surface area contributed by atoms with Crippen LogP contribution in [-0.4, -0.2) is 9.97 Å². The average Bonchev–Trinajstić information content (AvgIpc) is 2.55. The van der Waals surface area contributed by atoms with Crippen molar-refractivity contribution in [2.24, 2.45) is 0 Å². The SMILES string of the molecule is Nc1ccc(-c2ccnc3[nH]c(=O)c4ccccc4c23)cc1. The first-order valence-corrected chi connectivity index (χ1v) is 7.00. The minimum atomic E-state index is -0.120. The molecule has 4 aromatic rings. The van der Waals surface area contributed by atoms with Gasteiger partial charge in [-0.2, -0.15) is 0 Å². The van der Waals surface area contributed by atoms with Gasteiger partial charge in [0, 0.05) is 22.7 Å². The van der Waals surface area contributed by atoms with E-state index in [9.17, 15) is 4.79 Å². The summed E-state index contributed by atoms with van der Waals surface area (Å²) in [6.07, 6.45) is 1.71. The Kier molecular flexibility index (Phi) is 2.69. The second-order valence-corrected chi connectivity index (χ2v) is 5.20. The molecule has 0 atom stereocenters. The Balaban J connectivity index is 2.18. The molecule has 0 radical (unpaired) electrons. The Morgan fingerprint density at radius 1 is 0.909 bits per heavy atom. The lowest BCUT2D eigenvalue weighted by atomic mass is 9.99. The van der Waals surface area contributed by atoms with Crippen LogP contribution in [-0.2, 0) is 0 Å². The second kappa shape index (κ2) is 4.70. The third kappa shape index (κ3) is 1.85. The van der Waals surface area contributed by atoms with Crippen molar-refractivity contribution in [1.29, 1.82) is 0 Å². The fourth-order valence-corrected chi connectivity index (χ4v) is 2.81. The molecule has 106 valence electrons. The summed E-state index contributed by atoms with van der Waals surface area (Å²) in [4.78, 5) is 19.4. The van der Waals surface area contributed by atoms with Gasteiger partial charge in [-0.1, -0.05) is 30.3 Å². The van der Waals surface area contributed by atoms with E-state index in [1.54, 1.807) is 6.20 Å². The third-order valence-electron chi connectivity index (χ3n) is 3.85. The number of nitrogens with two attached hydrogens (primary N) is 1. The largest absolute Gasteiger partial charge is 0.399 e. The number of H-pyrrole nitrogens is 1. The van der Waals surface area contributed by atoms with E-state index >= 15 is 0 Å². The third-order valence-corrected chi connectivity index (χ3v) is 3.85. The summed E-state index contributed by atoms with van der Waals surface area (Å²) in [6, 6.07) is 17.2. The zero-order valence-electron chi connectivity index (χ0n) is 11.7. The number of aromatic amines is 1. The van der Waals surface area contributed by atoms with Crippen molar-refractivity contribution >= 4 is 27.5 Å². The predicted octanol–water partition coefficient (Wildman–Crippen LogP) is 3.33. The minimum absolute atomic E-state index is 0.120. The number of pyridine rings is 2. The van der Waals surface area contributed by atoms with Crippen molar-refractivity contribution in [3.05, 3.63) is 71.1 Å². The summed E-state index contributed by atoms with van der Waals surface area (Å²) >= 11 is 0. The Morgan fingerprint density at radius 3 is 2.41 bits per heavy atom. The number of nitrogens with zero attached hydrogens (tertiary/aromatic N) is 1. The van der Waals surface area contributed by atoms with Crippen molar-refractivity contribution in [3.63, 3.8) is 0 Å². The number of fused-ring (bicyclic) bond motifs is 3. The van der Waals surface area contributed by atoms with Gasteiger partial charge in [0.05, 0.1) is 0 Å². The van der Waals surface area contributed by atoms with Crippen molar-refractivity contribution < 1.29 is 0 Å². The van der Waals surface area contributed by atoms with Crippen LogP contribution in [0, 0.1) is 0 Å². The topological polar surface area (TPSA) is 71.8 Å². The van der Waals surface area contributed by atoms with E-state index < -0.39 is 0 Å². The summed E-state index contributed by atoms with van der Waals surface area (Å²) < 4.78 is 0. The van der Waals surface area contributed by atoms with E-state index in [-0.39, 0.29) is 5.56 Å². The first-order chi connectivity index (χ1) is 10.7. The van der Waals surface area contributed by atoms with Gasteiger partial charge in [-0.3, -0.25) is 4.79 Å². The average molecular weight is 287 g/mol. The maximum Gasteiger partial charge on any atom is 0.257 e. The van der Waals surface area contributed by atoms with Crippen LogP contribution in [0.15, 0.2) is 65.6 Å². The van der Waals surface area contributed by atoms with Gasteiger partial charge in [0.15, 0.2) is 0 Å². The molecule has 2 heterocycles. The molecular weight excluding hydrogens is 274 g/mol. The highest BCUT2D eigenvalue weighted by atomic mass is 16.1. The Morgan fingerprint density at radius 2 is 1.64 bits per heavy atom. The molecule has 0 aliphatic heterocycles. The molecule has 3 N–H and O–H groups in total. The number of hydrogen-bond donors (Lipinski definition) is 2. The Labute approximate surface area is 126 Å². The number of nitrogens with one attached hydrogen (secondary N) is 1. The summed E-state index contributed by atoms with van der Waals surface area (Å²) in [5.74, 6) is 0. The molecule has 2 aromatic heterocycles. The van der Waals surface area contributed by atoms with Crippen LogP contribution in [0.5, 0.6) is 0 Å². The van der Waals surface area contributed by atoms with Gasteiger partial charge in [-0.05, 0) is 40.8 Å². The first-order valence-electron chi connectivity index (χ1n) is 7.00. The van der Waals surface area contributed by atoms with Crippen LogP contribution < -0.4 is 11.3 Å². The van der Waals surface area contributed by atoms with E-state index in [2.05, 4.69) is 9.97 Å². The standard InChI is InChI=1S/C18H13N3O/c19-12-7-5-11(6-8-12)13-9-10-20-17-16(13)14-3-1-2-4-15(14)18(22)21-17/h1-10H,19H2,(H,20,21,22). The number of nitrogen functional groups attached to an aromatic ring is 1. The normalized spacial score (nSPS) is 11.1. The molecule has 2 aromatic carbocycles. The zero-order valence-corrected chi connectivity index (χ0v) is 11.7. The van der Waals surface area contributed by atoms with Gasteiger partial charge >= 0.3 is 0 Å². The smallest absolute Gasteiger partial charge is 0.257 e. The molecular formula is C18H13N3O. The van der Waals surface area contributed by atoms with Crippen molar-refractivity contribution in [2.45, 2.75) is 0 Å². The minimum Gasteiger partial charge on any atom is -0.399 e. The van der Waals surface area contributed by atoms with Crippen LogP contribution >= 0.6 is 0 Å². The fraction of sp³-hybridized carbons (Fsp3) is 0. The lowest BCUT2D eigenvalue weighted by Crippen LogP contribution is -2.07. The van der Waals surface area contributed by atoms with Crippen LogP contribution in [0.4, 0.5) is 5.69 Å². The maximum absolute atomic E-state index is 12.2. The molecule has 0 amide bonds. The monoisotopic (exact) mass is 287 g/mol. The molecule has 4 heteroatoms. The second-order valence-electron chi connectivity index (χ2n) is 5.20. The first kappa shape index (κ1) is 12.6. The highest BCUT2D eigenvalue weighted by molar-refractivity contribution is 6.11. The Hall–Kier alpha value is -3.14. The van der Waals surface area contributed by atoms with Crippen molar-refractivity contribution in [3.8, 4) is 11.1 Å². The quantitative estimate of drug-likeness (QED) is 0.416. The maximum atomic E-state index is 12.2. The van der Waals surface area contributed by atoms with E-state index in [0.29, 0.717) is 11.0 Å². The van der Waals surface area contributed by atoms with Gasteiger partial charge in [0.1, 0.15) is 5.65 Å². The molecule has 4 rings (SSSR count). The molecule has 0 aliphatic carbocycles. The number of hydrogen-bond acceptors (Lipinski definition) is 3. The molecule has 0 spiro atoms. The van der Waals surface area contributed by atoms with Gasteiger partial charge < -0.3 is 10.7 Å². The molecule has 0 bridgehead atoms. The predicted molar refractivity (Wildman–Crippen MR) is 89.7 cm³/mol. The summed E-state index contributed by atoms with van der Waals surface area (Å²) in [5, 5.41) is 2.52. The number of rotatable bonds is 1. The summed E-state index contributed by atoms with van der Waals surface area (Å²) in [6.45, 7) is 0. The van der Waals surface area contributed by atoms with Crippen LogP contribution in [0.3, 0.4) is 0 Å². The van der Waals surface area contributed by atoms with E-state index in [4.69, 9.17) is 5.73 Å². The number of anilines is 1. The molecule has 0 saturated carbocycles. The molecule has 0 fully saturated rings.